The van der Waals surface area contributed by atoms with Crippen LogP contribution < -0.4 is 5.56 Å². The van der Waals surface area contributed by atoms with E-state index in [-0.39, 0.29) is 29.8 Å². The van der Waals surface area contributed by atoms with Crippen LogP contribution in [0.15, 0.2) is 59.7 Å². The zero-order valence-electron chi connectivity index (χ0n) is 21.7. The normalized spacial score (nSPS) is 15.6. The Labute approximate surface area is 220 Å². The summed E-state index contributed by atoms with van der Waals surface area (Å²) in [5.74, 6) is 0.124. The quantitative estimate of drug-likeness (QED) is 0.333. The molecule has 1 aliphatic heterocycles. The molecular formula is C28H32N6O4. The fourth-order valence-corrected chi connectivity index (χ4v) is 5.07. The molecule has 38 heavy (non-hydrogen) atoms. The van der Waals surface area contributed by atoms with E-state index in [1.165, 1.54) is 4.68 Å². The van der Waals surface area contributed by atoms with E-state index in [0.29, 0.717) is 55.1 Å². The topological polar surface area (TPSA) is 104 Å². The standard InChI is InChI=1S/C28H32N6O4/c1-3-38-28(37)21-11-9-17-32(19-21)23(35)14-10-18-33-27(36)24-25(20(2)29-33)30-34(22-12-5-4-6-13-22)26(24)31-15-7-8-16-31/h4-8,12-13,15-16,21H,3,9-11,14,17-19H2,1-2H3/t21-/m0/s1. The Bertz CT molecular complexity index is 1490. The van der Waals surface area contributed by atoms with Gasteiger partial charge in [0, 0.05) is 38.4 Å². The summed E-state index contributed by atoms with van der Waals surface area (Å²) in [5, 5.41) is 9.78. The SMILES string of the molecule is CCOC(=O)[C@H]1CCCN(C(=O)CCCn2nc(C)c3nn(-c4ccccc4)c(-n4cccc4)c3c2=O)C1. The van der Waals surface area contributed by atoms with Gasteiger partial charge in [0.25, 0.3) is 5.56 Å². The van der Waals surface area contributed by atoms with Crippen LogP contribution in [0.4, 0.5) is 0 Å². The second-order valence-electron chi connectivity index (χ2n) is 9.53. The van der Waals surface area contributed by atoms with Gasteiger partial charge in [-0.2, -0.15) is 10.2 Å². The van der Waals surface area contributed by atoms with E-state index in [4.69, 9.17) is 9.84 Å². The van der Waals surface area contributed by atoms with Crippen LogP contribution >= 0.6 is 0 Å². The van der Waals surface area contributed by atoms with E-state index in [1.54, 1.807) is 16.5 Å². The summed E-state index contributed by atoms with van der Waals surface area (Å²) in [6, 6.07) is 13.5. The van der Waals surface area contributed by atoms with Gasteiger partial charge in [-0.15, -0.1) is 0 Å². The van der Waals surface area contributed by atoms with Crippen molar-refractivity contribution in [3.63, 3.8) is 0 Å². The lowest BCUT2D eigenvalue weighted by molar-refractivity contribution is -0.151. The van der Waals surface area contributed by atoms with Gasteiger partial charge in [0.2, 0.25) is 5.91 Å². The fraction of sp³-hybridized carbons (Fsp3) is 0.393. The Balaban J connectivity index is 1.38. The highest BCUT2D eigenvalue weighted by atomic mass is 16.5. The molecule has 5 rings (SSSR count). The van der Waals surface area contributed by atoms with Crippen LogP contribution in [0.3, 0.4) is 0 Å². The lowest BCUT2D eigenvalue weighted by atomic mass is 9.98. The van der Waals surface area contributed by atoms with Gasteiger partial charge in [0.1, 0.15) is 10.9 Å². The minimum absolute atomic E-state index is 0.0187. The summed E-state index contributed by atoms with van der Waals surface area (Å²) in [7, 11) is 0. The predicted octanol–water partition coefficient (Wildman–Crippen LogP) is 3.26. The molecule has 1 atom stereocenters. The summed E-state index contributed by atoms with van der Waals surface area (Å²) in [4.78, 5) is 40.5. The highest BCUT2D eigenvalue weighted by Gasteiger charge is 2.29. The molecular weight excluding hydrogens is 484 g/mol. The Morgan fingerprint density at radius 1 is 1.08 bits per heavy atom. The lowest BCUT2D eigenvalue weighted by Gasteiger charge is -2.31. The Morgan fingerprint density at radius 2 is 1.84 bits per heavy atom. The number of esters is 1. The predicted molar refractivity (Wildman–Crippen MR) is 142 cm³/mol. The monoisotopic (exact) mass is 516 g/mol. The number of benzene rings is 1. The largest absolute Gasteiger partial charge is 0.466 e. The molecule has 4 heterocycles. The van der Waals surface area contributed by atoms with Crippen LogP contribution in [-0.2, 0) is 20.9 Å². The molecule has 1 saturated heterocycles. The van der Waals surface area contributed by atoms with Gasteiger partial charge < -0.3 is 14.2 Å². The molecule has 0 spiro atoms. The molecule has 0 N–H and O–H groups in total. The highest BCUT2D eigenvalue weighted by molar-refractivity contribution is 5.87. The number of hydrogen-bond acceptors (Lipinski definition) is 6. The van der Waals surface area contributed by atoms with E-state index in [9.17, 15) is 14.4 Å². The average Bonchev–Trinajstić information content (AvgIpc) is 3.61. The first-order valence-corrected chi connectivity index (χ1v) is 13.1. The van der Waals surface area contributed by atoms with Crippen molar-refractivity contribution in [1.82, 2.24) is 29.0 Å². The van der Waals surface area contributed by atoms with Gasteiger partial charge in [0.15, 0.2) is 5.82 Å². The molecule has 1 aliphatic rings. The number of aryl methyl sites for hydroxylation is 2. The zero-order valence-corrected chi connectivity index (χ0v) is 21.7. The Kier molecular flexibility index (Phi) is 7.39. The summed E-state index contributed by atoms with van der Waals surface area (Å²) in [5.41, 5.74) is 1.78. The van der Waals surface area contributed by atoms with E-state index in [0.717, 1.165) is 18.5 Å². The van der Waals surface area contributed by atoms with Crippen molar-refractivity contribution >= 4 is 22.8 Å². The van der Waals surface area contributed by atoms with E-state index in [1.807, 2.05) is 66.3 Å². The summed E-state index contributed by atoms with van der Waals surface area (Å²) >= 11 is 0. The summed E-state index contributed by atoms with van der Waals surface area (Å²) in [6.45, 7) is 5.29. The molecule has 0 unspecified atom stereocenters. The van der Waals surface area contributed by atoms with Crippen LogP contribution in [0.25, 0.3) is 22.4 Å². The number of para-hydroxylation sites is 1. The first kappa shape index (κ1) is 25.4. The smallest absolute Gasteiger partial charge is 0.310 e. The zero-order chi connectivity index (χ0) is 26.6. The van der Waals surface area contributed by atoms with E-state index >= 15 is 0 Å². The minimum atomic E-state index is -0.268. The van der Waals surface area contributed by atoms with Gasteiger partial charge in [0.05, 0.1) is 23.9 Å². The average molecular weight is 517 g/mol. The number of carbonyl (C=O) groups excluding carboxylic acids is 2. The first-order chi connectivity index (χ1) is 18.5. The molecule has 0 aliphatic carbocycles. The van der Waals surface area contributed by atoms with Gasteiger partial charge >= 0.3 is 5.97 Å². The summed E-state index contributed by atoms with van der Waals surface area (Å²) in [6.07, 6.45) is 6.02. The van der Waals surface area contributed by atoms with Crippen molar-refractivity contribution in [3.05, 3.63) is 70.9 Å². The van der Waals surface area contributed by atoms with Gasteiger partial charge in [-0.3, -0.25) is 14.4 Å². The van der Waals surface area contributed by atoms with Crippen molar-refractivity contribution in [3.8, 4) is 11.5 Å². The minimum Gasteiger partial charge on any atom is -0.466 e. The molecule has 1 fully saturated rings. The van der Waals surface area contributed by atoms with Crippen LogP contribution in [0.2, 0.25) is 0 Å². The maximum absolute atomic E-state index is 13.7. The molecule has 1 amide bonds. The molecule has 198 valence electrons. The number of nitrogens with zero attached hydrogens (tertiary/aromatic N) is 6. The Hall–Kier alpha value is -4.21. The Morgan fingerprint density at radius 3 is 2.58 bits per heavy atom. The van der Waals surface area contributed by atoms with Gasteiger partial charge in [-0.1, -0.05) is 18.2 Å². The molecule has 3 aromatic heterocycles. The number of aromatic nitrogens is 5. The molecule has 0 bridgehead atoms. The van der Waals surface area contributed by atoms with E-state index in [2.05, 4.69) is 5.10 Å². The number of carbonyl (C=O) groups is 2. The molecule has 10 heteroatoms. The van der Waals surface area contributed by atoms with Gasteiger partial charge in [-0.05, 0) is 57.4 Å². The molecule has 4 aromatic rings. The van der Waals surface area contributed by atoms with Gasteiger partial charge in [-0.25, -0.2) is 9.36 Å². The number of fused-ring (bicyclic) bond motifs is 1. The van der Waals surface area contributed by atoms with Crippen LogP contribution in [0.1, 0.15) is 38.3 Å². The maximum atomic E-state index is 13.7. The number of ether oxygens (including phenoxy) is 1. The second-order valence-corrected chi connectivity index (χ2v) is 9.53. The number of likely N-dealkylation sites (tertiary alicyclic amines) is 1. The molecule has 0 saturated carbocycles. The van der Waals surface area contributed by atoms with Crippen LogP contribution in [0.5, 0.6) is 0 Å². The van der Waals surface area contributed by atoms with Crippen molar-refractivity contribution in [2.45, 2.75) is 46.1 Å². The van der Waals surface area contributed by atoms with Crippen molar-refractivity contribution in [1.29, 1.82) is 0 Å². The molecule has 1 aromatic carbocycles. The number of amides is 1. The summed E-state index contributed by atoms with van der Waals surface area (Å²) < 4.78 is 10.2. The fourth-order valence-electron chi connectivity index (χ4n) is 5.07. The highest BCUT2D eigenvalue weighted by Crippen LogP contribution is 2.25. The van der Waals surface area contributed by atoms with Crippen LogP contribution in [0, 0.1) is 12.8 Å². The third-order valence-corrected chi connectivity index (χ3v) is 6.93. The lowest BCUT2D eigenvalue weighted by Crippen LogP contribution is -2.42. The number of rotatable bonds is 8. The van der Waals surface area contributed by atoms with Crippen LogP contribution in [-0.4, -0.2) is 60.6 Å². The third kappa shape index (κ3) is 4.98. The molecule has 0 radical (unpaired) electrons. The first-order valence-electron chi connectivity index (χ1n) is 13.1. The number of hydrogen-bond donors (Lipinski definition) is 0. The number of piperidine rings is 1. The van der Waals surface area contributed by atoms with Crippen molar-refractivity contribution < 1.29 is 14.3 Å². The third-order valence-electron chi connectivity index (χ3n) is 6.93. The van der Waals surface area contributed by atoms with Crippen molar-refractivity contribution in [2.24, 2.45) is 5.92 Å². The maximum Gasteiger partial charge on any atom is 0.310 e. The second kappa shape index (κ2) is 11.0. The van der Waals surface area contributed by atoms with E-state index < -0.39 is 0 Å². The van der Waals surface area contributed by atoms with Crippen molar-refractivity contribution in [2.75, 3.05) is 19.7 Å². The molecule has 10 nitrogen and oxygen atoms in total.